The van der Waals surface area contributed by atoms with Crippen molar-refractivity contribution < 1.29 is 13.7 Å². The molecule has 2 aliphatic rings. The van der Waals surface area contributed by atoms with Crippen LogP contribution in [0.5, 0.6) is 0 Å². The third-order valence-corrected chi connectivity index (χ3v) is 6.16. The first-order valence-corrected chi connectivity index (χ1v) is 9.19. The van der Waals surface area contributed by atoms with Crippen molar-refractivity contribution in [3.8, 4) is 0 Å². The summed E-state index contributed by atoms with van der Waals surface area (Å²) in [6.07, 6.45) is 0. The monoisotopic (exact) mass is 337 g/mol. The zero-order valence-electron chi connectivity index (χ0n) is 14.8. The molecule has 126 valence electrons. The number of hydrogen-bond acceptors (Lipinski definition) is 4. The Hall–Kier alpha value is -0.715. The summed E-state index contributed by atoms with van der Waals surface area (Å²) in [4.78, 5) is 2.99. The molecule has 0 aromatic heterocycles. The van der Waals surface area contributed by atoms with E-state index in [0.29, 0.717) is 6.04 Å². The summed E-state index contributed by atoms with van der Waals surface area (Å²) in [5.41, 5.74) is 0.876. The SMILES string of the molecule is CC(C)N1CCSc2c(F)cc(B3OC(C)(C)C(C)(C)O3)cc21. The Morgan fingerprint density at radius 1 is 1.17 bits per heavy atom. The van der Waals surface area contributed by atoms with Crippen LogP contribution in [0.15, 0.2) is 17.0 Å². The average Bonchev–Trinajstić information content (AvgIpc) is 2.66. The molecule has 0 N–H and O–H groups in total. The van der Waals surface area contributed by atoms with Gasteiger partial charge in [-0.1, -0.05) is 0 Å². The fourth-order valence-corrected chi connectivity index (χ4v) is 3.99. The molecule has 0 bridgehead atoms. The summed E-state index contributed by atoms with van der Waals surface area (Å²) in [5, 5.41) is 0. The van der Waals surface area contributed by atoms with Gasteiger partial charge in [0.1, 0.15) is 5.82 Å². The van der Waals surface area contributed by atoms with Gasteiger partial charge in [0, 0.05) is 18.3 Å². The Morgan fingerprint density at radius 2 is 1.78 bits per heavy atom. The molecule has 1 saturated heterocycles. The Kier molecular flexibility index (Phi) is 4.22. The zero-order valence-corrected chi connectivity index (χ0v) is 15.6. The molecular weight excluding hydrogens is 312 g/mol. The van der Waals surface area contributed by atoms with Gasteiger partial charge in [0.2, 0.25) is 0 Å². The van der Waals surface area contributed by atoms with Crippen LogP contribution >= 0.6 is 11.8 Å². The number of nitrogens with zero attached hydrogens (tertiary/aromatic N) is 1. The molecule has 1 fully saturated rings. The standard InChI is InChI=1S/C17H25BFNO2S/c1-11(2)20-7-8-23-15-13(19)9-12(10-14(15)20)18-21-16(3,4)17(5,6)22-18/h9-11H,7-8H2,1-6H3. The van der Waals surface area contributed by atoms with E-state index in [2.05, 4.69) is 18.7 Å². The number of fused-ring (bicyclic) bond motifs is 1. The molecule has 2 aliphatic heterocycles. The van der Waals surface area contributed by atoms with E-state index >= 15 is 0 Å². The van der Waals surface area contributed by atoms with Gasteiger partial charge in [0.05, 0.1) is 21.8 Å². The van der Waals surface area contributed by atoms with Gasteiger partial charge in [-0.05, 0) is 59.1 Å². The molecule has 2 heterocycles. The van der Waals surface area contributed by atoms with Crippen molar-refractivity contribution in [3.05, 3.63) is 17.9 Å². The Labute approximate surface area is 143 Å². The Balaban J connectivity index is 2.00. The number of thioether (sulfide) groups is 1. The second-order valence-corrected chi connectivity index (χ2v) is 8.68. The molecule has 3 nitrogen and oxygen atoms in total. The maximum Gasteiger partial charge on any atom is 0.495 e. The summed E-state index contributed by atoms with van der Waals surface area (Å²) in [6, 6.07) is 3.94. The first-order valence-electron chi connectivity index (χ1n) is 8.21. The highest BCUT2D eigenvalue weighted by Crippen LogP contribution is 2.39. The number of halogens is 1. The quantitative estimate of drug-likeness (QED) is 0.771. The van der Waals surface area contributed by atoms with Crippen LogP contribution in [-0.2, 0) is 9.31 Å². The largest absolute Gasteiger partial charge is 0.495 e. The van der Waals surface area contributed by atoms with E-state index in [9.17, 15) is 4.39 Å². The third kappa shape index (κ3) is 2.90. The van der Waals surface area contributed by atoms with E-state index in [1.165, 1.54) is 0 Å². The van der Waals surface area contributed by atoms with Gasteiger partial charge in [0.15, 0.2) is 0 Å². The highest BCUT2D eigenvalue weighted by Gasteiger charge is 2.52. The minimum Gasteiger partial charge on any atom is -0.399 e. The maximum atomic E-state index is 14.6. The van der Waals surface area contributed by atoms with Crippen LogP contribution in [0.2, 0.25) is 0 Å². The molecule has 0 saturated carbocycles. The van der Waals surface area contributed by atoms with Crippen molar-refractivity contribution in [1.29, 1.82) is 0 Å². The van der Waals surface area contributed by atoms with Crippen LogP contribution in [0, 0.1) is 5.82 Å². The van der Waals surface area contributed by atoms with Crippen molar-refractivity contribution in [1.82, 2.24) is 0 Å². The summed E-state index contributed by atoms with van der Waals surface area (Å²) >= 11 is 1.59. The minimum atomic E-state index is -0.527. The first kappa shape index (κ1) is 17.1. The van der Waals surface area contributed by atoms with Gasteiger partial charge in [-0.3, -0.25) is 0 Å². The molecule has 1 aromatic carbocycles. The summed E-state index contributed by atoms with van der Waals surface area (Å²) < 4.78 is 26.8. The lowest BCUT2D eigenvalue weighted by Gasteiger charge is -2.34. The van der Waals surface area contributed by atoms with Crippen molar-refractivity contribution in [2.75, 3.05) is 17.2 Å². The normalized spacial score (nSPS) is 22.6. The van der Waals surface area contributed by atoms with Gasteiger partial charge >= 0.3 is 7.12 Å². The van der Waals surface area contributed by atoms with Gasteiger partial charge in [-0.15, -0.1) is 11.8 Å². The van der Waals surface area contributed by atoms with Crippen LogP contribution in [-0.4, -0.2) is 36.7 Å². The number of benzene rings is 1. The molecule has 0 spiro atoms. The molecule has 23 heavy (non-hydrogen) atoms. The average molecular weight is 337 g/mol. The molecule has 0 amide bonds. The highest BCUT2D eigenvalue weighted by molar-refractivity contribution is 7.99. The maximum absolute atomic E-state index is 14.6. The molecule has 0 unspecified atom stereocenters. The third-order valence-electron chi connectivity index (χ3n) is 5.08. The van der Waals surface area contributed by atoms with E-state index in [1.807, 2.05) is 33.8 Å². The van der Waals surface area contributed by atoms with Gasteiger partial charge < -0.3 is 14.2 Å². The minimum absolute atomic E-state index is 0.178. The second-order valence-electron chi connectivity index (χ2n) is 7.57. The predicted octanol–water partition coefficient (Wildman–Crippen LogP) is 3.45. The number of rotatable bonds is 2. The van der Waals surface area contributed by atoms with E-state index in [0.717, 1.165) is 28.3 Å². The highest BCUT2D eigenvalue weighted by atomic mass is 32.2. The van der Waals surface area contributed by atoms with Crippen LogP contribution in [0.1, 0.15) is 41.5 Å². The van der Waals surface area contributed by atoms with E-state index < -0.39 is 18.3 Å². The van der Waals surface area contributed by atoms with Crippen molar-refractivity contribution in [3.63, 3.8) is 0 Å². The van der Waals surface area contributed by atoms with Crippen molar-refractivity contribution >= 4 is 30.0 Å². The molecule has 6 heteroatoms. The smallest absolute Gasteiger partial charge is 0.399 e. The lowest BCUT2D eigenvalue weighted by Crippen LogP contribution is -2.41. The topological polar surface area (TPSA) is 21.7 Å². The van der Waals surface area contributed by atoms with Crippen LogP contribution in [0.25, 0.3) is 0 Å². The Bertz CT molecular complexity index is 605. The lowest BCUT2D eigenvalue weighted by molar-refractivity contribution is 0.00578. The van der Waals surface area contributed by atoms with Crippen LogP contribution in [0.3, 0.4) is 0 Å². The van der Waals surface area contributed by atoms with E-state index in [1.54, 1.807) is 17.8 Å². The summed E-state index contributed by atoms with van der Waals surface area (Å²) in [6.45, 7) is 13.3. The predicted molar refractivity (Wildman–Crippen MR) is 95.3 cm³/mol. The van der Waals surface area contributed by atoms with Crippen LogP contribution in [0.4, 0.5) is 10.1 Å². The van der Waals surface area contributed by atoms with Gasteiger partial charge in [-0.2, -0.15) is 0 Å². The molecule has 1 aromatic rings. The molecule has 0 aliphatic carbocycles. The summed E-state index contributed by atoms with van der Waals surface area (Å²) in [5.74, 6) is 0.736. The lowest BCUT2D eigenvalue weighted by atomic mass is 9.78. The molecule has 3 rings (SSSR count). The van der Waals surface area contributed by atoms with Gasteiger partial charge in [-0.25, -0.2) is 4.39 Å². The first-order chi connectivity index (χ1) is 10.6. The molecular formula is C17H25BFNO2S. The van der Waals surface area contributed by atoms with E-state index in [4.69, 9.17) is 9.31 Å². The van der Waals surface area contributed by atoms with Crippen LogP contribution < -0.4 is 10.4 Å². The fourth-order valence-electron chi connectivity index (χ4n) is 2.97. The number of hydrogen-bond donors (Lipinski definition) is 0. The van der Waals surface area contributed by atoms with E-state index in [-0.39, 0.29) is 5.82 Å². The van der Waals surface area contributed by atoms with Crippen molar-refractivity contribution in [2.24, 2.45) is 0 Å². The van der Waals surface area contributed by atoms with Gasteiger partial charge in [0.25, 0.3) is 0 Å². The Morgan fingerprint density at radius 3 is 2.35 bits per heavy atom. The van der Waals surface area contributed by atoms with Crippen molar-refractivity contribution in [2.45, 2.75) is 63.7 Å². The second kappa shape index (κ2) is 5.68. The fraction of sp³-hybridized carbons (Fsp3) is 0.647. The molecule has 0 atom stereocenters. The summed E-state index contributed by atoms with van der Waals surface area (Å²) in [7, 11) is -0.527. The molecule has 0 radical (unpaired) electrons. The number of anilines is 1. The zero-order chi connectivity index (χ0) is 17.0.